The number of aromatic nitrogens is 2. The van der Waals surface area contributed by atoms with Crippen LogP contribution in [0.15, 0.2) is 28.2 Å². The first-order chi connectivity index (χ1) is 13.8. The number of unbranched alkanes of at least 4 members (excludes halogenated alkanes) is 1. The number of thiophene rings is 1. The van der Waals surface area contributed by atoms with Crippen LogP contribution in [0.1, 0.15) is 35.8 Å². The average Bonchev–Trinajstić information content (AvgIpc) is 2.96. The molecule has 1 aromatic carbocycles. The molecule has 3 rings (SSSR count). The van der Waals surface area contributed by atoms with Crippen molar-refractivity contribution in [2.45, 2.75) is 52.2 Å². The standard InChI is InChI=1S/C21H24FN3O2S2/c1-5-6-9-25-20(27)18-13(3)14(4)29-19(18)24-21(25)28-11-17(26)23-16-8-7-12(2)10-15(16)22/h7-8,10H,5-6,9,11H2,1-4H3,(H,23,26). The topological polar surface area (TPSA) is 64.0 Å². The number of aryl methyl sites for hydroxylation is 3. The first-order valence-electron chi connectivity index (χ1n) is 9.51. The van der Waals surface area contributed by atoms with Crippen molar-refractivity contribution in [1.29, 1.82) is 0 Å². The third kappa shape index (κ3) is 4.70. The van der Waals surface area contributed by atoms with Gasteiger partial charge in [0.2, 0.25) is 5.91 Å². The highest BCUT2D eigenvalue weighted by molar-refractivity contribution is 7.99. The Hall–Kier alpha value is -2.19. The second kappa shape index (κ2) is 9.09. The van der Waals surface area contributed by atoms with Crippen LogP contribution >= 0.6 is 23.1 Å². The monoisotopic (exact) mass is 433 g/mol. The van der Waals surface area contributed by atoms with Crippen molar-refractivity contribution in [2.75, 3.05) is 11.1 Å². The van der Waals surface area contributed by atoms with E-state index >= 15 is 0 Å². The van der Waals surface area contributed by atoms with Crippen LogP contribution in [0.3, 0.4) is 0 Å². The van der Waals surface area contributed by atoms with Crippen molar-refractivity contribution in [3.8, 4) is 0 Å². The fraction of sp³-hybridized carbons (Fsp3) is 0.381. The van der Waals surface area contributed by atoms with Gasteiger partial charge in [0.05, 0.1) is 16.8 Å². The zero-order valence-electron chi connectivity index (χ0n) is 17.0. The maximum atomic E-state index is 14.0. The van der Waals surface area contributed by atoms with E-state index in [1.165, 1.54) is 29.2 Å². The summed E-state index contributed by atoms with van der Waals surface area (Å²) in [4.78, 5) is 31.9. The number of hydrogen-bond acceptors (Lipinski definition) is 5. The molecular formula is C21H24FN3O2S2. The van der Waals surface area contributed by atoms with Crippen molar-refractivity contribution in [2.24, 2.45) is 0 Å². The Labute approximate surface area is 177 Å². The summed E-state index contributed by atoms with van der Waals surface area (Å²) >= 11 is 2.69. The van der Waals surface area contributed by atoms with Crippen LogP contribution in [-0.4, -0.2) is 21.2 Å². The second-order valence-corrected chi connectivity index (χ2v) is 9.13. The number of nitrogens with one attached hydrogen (secondary N) is 1. The zero-order chi connectivity index (χ0) is 21.1. The second-order valence-electron chi connectivity index (χ2n) is 6.99. The van der Waals surface area contributed by atoms with Gasteiger partial charge in [-0.15, -0.1) is 11.3 Å². The lowest BCUT2D eigenvalue weighted by Crippen LogP contribution is -2.24. The SMILES string of the molecule is CCCCn1c(SCC(=O)Nc2ccc(C)cc2F)nc2sc(C)c(C)c2c1=O. The summed E-state index contributed by atoms with van der Waals surface area (Å²) in [5.74, 6) is -0.763. The van der Waals surface area contributed by atoms with Gasteiger partial charge in [0.25, 0.3) is 5.56 Å². The van der Waals surface area contributed by atoms with Crippen LogP contribution in [0.5, 0.6) is 0 Å². The molecule has 0 fully saturated rings. The molecule has 0 atom stereocenters. The predicted octanol–water partition coefficient (Wildman–Crippen LogP) is 5.05. The minimum atomic E-state index is -0.465. The predicted molar refractivity (Wildman–Crippen MR) is 119 cm³/mol. The molecule has 0 unspecified atom stereocenters. The molecule has 154 valence electrons. The van der Waals surface area contributed by atoms with Gasteiger partial charge in [0.1, 0.15) is 10.6 Å². The van der Waals surface area contributed by atoms with E-state index in [2.05, 4.69) is 17.2 Å². The lowest BCUT2D eigenvalue weighted by Gasteiger charge is -2.12. The molecule has 0 saturated heterocycles. The van der Waals surface area contributed by atoms with Gasteiger partial charge in [-0.2, -0.15) is 0 Å². The molecule has 0 saturated carbocycles. The molecule has 0 radical (unpaired) electrons. The number of rotatable bonds is 7. The quantitative estimate of drug-likeness (QED) is 0.418. The molecule has 8 heteroatoms. The molecule has 3 aromatic rings. The fourth-order valence-corrected chi connectivity index (χ4v) is 4.87. The Morgan fingerprint density at radius 2 is 2.07 bits per heavy atom. The number of anilines is 1. The lowest BCUT2D eigenvalue weighted by atomic mass is 10.2. The number of hydrogen-bond donors (Lipinski definition) is 1. The van der Waals surface area contributed by atoms with Gasteiger partial charge in [0.15, 0.2) is 5.16 Å². The summed E-state index contributed by atoms with van der Waals surface area (Å²) in [6.45, 7) is 8.33. The molecule has 0 spiro atoms. The molecule has 0 aliphatic carbocycles. The van der Waals surface area contributed by atoms with E-state index in [0.29, 0.717) is 21.9 Å². The van der Waals surface area contributed by atoms with Crippen LogP contribution in [0.2, 0.25) is 0 Å². The van der Waals surface area contributed by atoms with E-state index in [4.69, 9.17) is 0 Å². The number of carbonyl (C=O) groups excluding carboxylic acids is 1. The van der Waals surface area contributed by atoms with E-state index in [9.17, 15) is 14.0 Å². The summed E-state index contributed by atoms with van der Waals surface area (Å²) in [5, 5.41) is 3.78. The van der Waals surface area contributed by atoms with Crippen LogP contribution in [0.4, 0.5) is 10.1 Å². The third-order valence-corrected chi connectivity index (χ3v) is 6.80. The van der Waals surface area contributed by atoms with Crippen LogP contribution < -0.4 is 10.9 Å². The summed E-state index contributed by atoms with van der Waals surface area (Å²) in [6, 6.07) is 4.67. The van der Waals surface area contributed by atoms with Gasteiger partial charge in [-0.1, -0.05) is 31.2 Å². The first-order valence-corrected chi connectivity index (χ1v) is 11.3. The van der Waals surface area contributed by atoms with Gasteiger partial charge in [0, 0.05) is 11.4 Å². The Morgan fingerprint density at radius 1 is 1.31 bits per heavy atom. The molecule has 1 amide bonds. The molecule has 0 aliphatic rings. The van der Waals surface area contributed by atoms with Gasteiger partial charge in [-0.25, -0.2) is 9.37 Å². The molecule has 1 N–H and O–H groups in total. The van der Waals surface area contributed by atoms with Crippen molar-refractivity contribution >= 4 is 44.9 Å². The molecule has 5 nitrogen and oxygen atoms in total. The molecular weight excluding hydrogens is 409 g/mol. The number of halogens is 1. The molecule has 29 heavy (non-hydrogen) atoms. The number of benzene rings is 1. The van der Waals surface area contributed by atoms with Crippen LogP contribution in [0.25, 0.3) is 10.2 Å². The number of amides is 1. The Bertz CT molecular complexity index is 1120. The summed E-state index contributed by atoms with van der Waals surface area (Å²) in [7, 11) is 0. The number of thioether (sulfide) groups is 1. The van der Waals surface area contributed by atoms with Crippen molar-refractivity contribution in [3.05, 3.63) is 50.4 Å². The molecule has 0 aliphatic heterocycles. The third-order valence-electron chi connectivity index (χ3n) is 4.72. The fourth-order valence-electron chi connectivity index (χ4n) is 2.97. The lowest BCUT2D eigenvalue weighted by molar-refractivity contribution is -0.113. The van der Waals surface area contributed by atoms with E-state index in [0.717, 1.165) is 28.8 Å². The van der Waals surface area contributed by atoms with Crippen molar-refractivity contribution < 1.29 is 9.18 Å². The summed E-state index contributed by atoms with van der Waals surface area (Å²) in [6.07, 6.45) is 1.80. The highest BCUT2D eigenvalue weighted by Crippen LogP contribution is 2.28. The van der Waals surface area contributed by atoms with Crippen LogP contribution in [-0.2, 0) is 11.3 Å². The Balaban J connectivity index is 1.84. The minimum Gasteiger partial charge on any atom is -0.323 e. The Morgan fingerprint density at radius 3 is 2.76 bits per heavy atom. The van der Waals surface area contributed by atoms with E-state index in [1.807, 2.05) is 13.8 Å². The van der Waals surface area contributed by atoms with E-state index in [-0.39, 0.29) is 22.9 Å². The van der Waals surface area contributed by atoms with Gasteiger partial charge < -0.3 is 5.32 Å². The number of nitrogens with zero attached hydrogens (tertiary/aromatic N) is 2. The number of carbonyl (C=O) groups is 1. The van der Waals surface area contributed by atoms with E-state index in [1.54, 1.807) is 23.6 Å². The Kier molecular flexibility index (Phi) is 6.74. The maximum absolute atomic E-state index is 14.0. The normalized spacial score (nSPS) is 11.2. The van der Waals surface area contributed by atoms with Gasteiger partial charge in [-0.3, -0.25) is 14.2 Å². The molecule has 0 bridgehead atoms. The largest absolute Gasteiger partial charge is 0.323 e. The van der Waals surface area contributed by atoms with Crippen molar-refractivity contribution in [3.63, 3.8) is 0 Å². The average molecular weight is 434 g/mol. The highest BCUT2D eigenvalue weighted by Gasteiger charge is 2.18. The summed E-state index contributed by atoms with van der Waals surface area (Å²) < 4.78 is 15.6. The first kappa shape index (κ1) is 21.5. The van der Waals surface area contributed by atoms with Crippen molar-refractivity contribution in [1.82, 2.24) is 9.55 Å². The zero-order valence-corrected chi connectivity index (χ0v) is 18.6. The number of fused-ring (bicyclic) bond motifs is 1. The van der Waals surface area contributed by atoms with Gasteiger partial charge >= 0.3 is 0 Å². The maximum Gasteiger partial charge on any atom is 0.263 e. The minimum absolute atomic E-state index is 0.0424. The van der Waals surface area contributed by atoms with Gasteiger partial charge in [-0.05, 0) is 50.5 Å². The summed E-state index contributed by atoms with van der Waals surface area (Å²) in [5.41, 5.74) is 1.85. The van der Waals surface area contributed by atoms with Crippen LogP contribution in [0, 0.1) is 26.6 Å². The van der Waals surface area contributed by atoms with E-state index < -0.39 is 5.82 Å². The molecule has 2 heterocycles. The highest BCUT2D eigenvalue weighted by atomic mass is 32.2. The smallest absolute Gasteiger partial charge is 0.263 e. The molecule has 2 aromatic heterocycles.